The predicted molar refractivity (Wildman–Crippen MR) is 116 cm³/mol. The molecule has 0 saturated carbocycles. The Kier molecular flexibility index (Phi) is 5.45. The number of thiazole rings is 2. The lowest BCUT2D eigenvalue weighted by Gasteiger charge is -2.08. The van der Waals surface area contributed by atoms with Gasteiger partial charge in [0.15, 0.2) is 9.47 Å². The smallest absolute Gasteiger partial charge is 0.239 e. The summed E-state index contributed by atoms with van der Waals surface area (Å²) in [6.45, 7) is 1.87. The number of hydrogen-bond acceptors (Lipinski definition) is 6. The van der Waals surface area contributed by atoms with Crippen LogP contribution in [0.15, 0.2) is 58.3 Å². The first kappa shape index (κ1) is 18.4. The maximum Gasteiger partial charge on any atom is 0.239 e. The molecule has 2 aromatic heterocycles. The lowest BCUT2D eigenvalue weighted by molar-refractivity contribution is -0.115. The summed E-state index contributed by atoms with van der Waals surface area (Å²) in [5.74, 6) is -0.0914. The van der Waals surface area contributed by atoms with Crippen LogP contribution in [0.25, 0.3) is 21.5 Å². The summed E-state index contributed by atoms with van der Waals surface area (Å²) in [6.07, 6.45) is 0. The summed E-state index contributed by atoms with van der Waals surface area (Å²) in [4.78, 5) is 21.6. The molecule has 0 radical (unpaired) electrons. The van der Waals surface area contributed by atoms with Gasteiger partial charge in [-0.05, 0) is 25.1 Å². The number of carbonyl (C=O) groups is 1. The Morgan fingerprint density at radius 3 is 2.81 bits per heavy atom. The van der Waals surface area contributed by atoms with Gasteiger partial charge in [-0.2, -0.15) is 0 Å². The van der Waals surface area contributed by atoms with Crippen molar-refractivity contribution < 1.29 is 4.79 Å². The standard InChI is InChI=1S/C19H14ClN3OS3/c1-11(26-19-22-14-9-13(20)7-8-16(14)27-19)17(24)23-18-21-15(10-25-18)12-5-3-2-4-6-12/h2-11H,1H3,(H,21,23,24). The zero-order valence-electron chi connectivity index (χ0n) is 14.2. The number of aromatic nitrogens is 2. The zero-order chi connectivity index (χ0) is 18.8. The molecule has 1 unspecified atom stereocenters. The van der Waals surface area contributed by atoms with E-state index in [2.05, 4.69) is 15.3 Å². The van der Waals surface area contributed by atoms with Gasteiger partial charge < -0.3 is 5.32 Å². The Balaban J connectivity index is 1.42. The van der Waals surface area contributed by atoms with E-state index in [0.717, 1.165) is 25.8 Å². The fourth-order valence-corrected chi connectivity index (χ4v) is 5.49. The molecule has 4 rings (SSSR count). The van der Waals surface area contributed by atoms with Crippen molar-refractivity contribution in [1.82, 2.24) is 9.97 Å². The van der Waals surface area contributed by atoms with Gasteiger partial charge in [0.05, 0.1) is 21.2 Å². The highest BCUT2D eigenvalue weighted by molar-refractivity contribution is 8.02. The van der Waals surface area contributed by atoms with Gasteiger partial charge in [0.2, 0.25) is 5.91 Å². The van der Waals surface area contributed by atoms with Crippen LogP contribution in [-0.2, 0) is 4.79 Å². The third-order valence-electron chi connectivity index (χ3n) is 3.78. The Labute approximate surface area is 173 Å². The first-order chi connectivity index (χ1) is 13.1. The molecule has 1 amide bonds. The summed E-state index contributed by atoms with van der Waals surface area (Å²) in [6, 6.07) is 15.5. The molecule has 1 atom stereocenters. The van der Waals surface area contributed by atoms with E-state index in [1.54, 1.807) is 11.3 Å². The largest absolute Gasteiger partial charge is 0.301 e. The van der Waals surface area contributed by atoms with E-state index in [1.165, 1.54) is 23.1 Å². The highest BCUT2D eigenvalue weighted by Crippen LogP contribution is 2.33. The normalized spacial score (nSPS) is 12.2. The molecule has 4 nitrogen and oxygen atoms in total. The number of halogens is 1. The summed E-state index contributed by atoms with van der Waals surface area (Å²) in [7, 11) is 0. The van der Waals surface area contributed by atoms with E-state index in [-0.39, 0.29) is 11.2 Å². The lowest BCUT2D eigenvalue weighted by Crippen LogP contribution is -2.22. The number of nitrogens with zero attached hydrogens (tertiary/aromatic N) is 2. The van der Waals surface area contributed by atoms with Crippen molar-refractivity contribution in [1.29, 1.82) is 0 Å². The Hall–Kier alpha value is -1.93. The van der Waals surface area contributed by atoms with Crippen molar-refractivity contribution in [3.63, 3.8) is 0 Å². The molecule has 27 heavy (non-hydrogen) atoms. The topological polar surface area (TPSA) is 54.9 Å². The molecule has 0 aliphatic rings. The highest BCUT2D eigenvalue weighted by atomic mass is 35.5. The quantitative estimate of drug-likeness (QED) is 0.382. The van der Waals surface area contributed by atoms with E-state index in [1.807, 2.05) is 60.8 Å². The van der Waals surface area contributed by atoms with Gasteiger partial charge in [-0.3, -0.25) is 4.79 Å². The second kappa shape index (κ2) is 7.98. The molecule has 0 aliphatic heterocycles. The monoisotopic (exact) mass is 431 g/mol. The summed E-state index contributed by atoms with van der Waals surface area (Å²) in [5, 5.41) is 5.82. The van der Waals surface area contributed by atoms with E-state index in [4.69, 9.17) is 11.6 Å². The number of nitrogens with one attached hydrogen (secondary N) is 1. The van der Waals surface area contributed by atoms with Crippen molar-refractivity contribution >= 4 is 67.3 Å². The van der Waals surface area contributed by atoms with Crippen LogP contribution in [0.4, 0.5) is 5.13 Å². The van der Waals surface area contributed by atoms with E-state index >= 15 is 0 Å². The summed E-state index contributed by atoms with van der Waals surface area (Å²) >= 11 is 10.4. The molecule has 0 saturated heterocycles. The molecule has 1 N–H and O–H groups in total. The van der Waals surface area contributed by atoms with Gasteiger partial charge >= 0.3 is 0 Å². The van der Waals surface area contributed by atoms with Crippen LogP contribution in [-0.4, -0.2) is 21.1 Å². The molecule has 0 bridgehead atoms. The summed E-state index contributed by atoms with van der Waals surface area (Å²) in [5.41, 5.74) is 2.75. The molecular formula is C19H14ClN3OS3. The number of anilines is 1. The minimum absolute atomic E-state index is 0.0914. The van der Waals surface area contributed by atoms with Crippen LogP contribution in [0.5, 0.6) is 0 Å². The van der Waals surface area contributed by atoms with Gasteiger partial charge in [0.25, 0.3) is 0 Å². The van der Waals surface area contributed by atoms with Crippen molar-refractivity contribution in [2.75, 3.05) is 5.32 Å². The maximum atomic E-state index is 12.5. The number of amides is 1. The summed E-state index contributed by atoms with van der Waals surface area (Å²) < 4.78 is 1.90. The molecular weight excluding hydrogens is 418 g/mol. The van der Waals surface area contributed by atoms with Crippen LogP contribution < -0.4 is 5.32 Å². The molecule has 0 spiro atoms. The van der Waals surface area contributed by atoms with Gasteiger partial charge in [-0.25, -0.2) is 9.97 Å². The number of thioether (sulfide) groups is 1. The average Bonchev–Trinajstić information content (AvgIpc) is 3.28. The van der Waals surface area contributed by atoms with Gasteiger partial charge in [-0.15, -0.1) is 22.7 Å². The lowest BCUT2D eigenvalue weighted by atomic mass is 10.2. The molecule has 0 aliphatic carbocycles. The zero-order valence-corrected chi connectivity index (χ0v) is 17.4. The van der Waals surface area contributed by atoms with Crippen LogP contribution in [0.1, 0.15) is 6.92 Å². The van der Waals surface area contributed by atoms with Crippen molar-refractivity contribution in [3.05, 3.63) is 58.9 Å². The van der Waals surface area contributed by atoms with Crippen LogP contribution in [0.2, 0.25) is 5.02 Å². The molecule has 4 aromatic rings. The third-order valence-corrected chi connectivity index (χ3v) is 7.00. The Bertz CT molecular complexity index is 1090. The fourth-order valence-electron chi connectivity index (χ4n) is 2.41. The van der Waals surface area contributed by atoms with Crippen LogP contribution in [0.3, 0.4) is 0 Å². The third kappa shape index (κ3) is 4.32. The molecule has 2 heterocycles. The van der Waals surface area contributed by atoms with E-state index in [0.29, 0.717) is 10.2 Å². The molecule has 136 valence electrons. The first-order valence-electron chi connectivity index (χ1n) is 8.13. The Morgan fingerprint density at radius 2 is 2.00 bits per heavy atom. The maximum absolute atomic E-state index is 12.5. The fraction of sp³-hybridized carbons (Fsp3) is 0.105. The molecule has 0 fully saturated rings. The SMILES string of the molecule is CC(Sc1nc2cc(Cl)ccc2s1)C(=O)Nc1nc(-c2ccccc2)cs1. The second-order valence-corrected chi connectivity index (χ2v) is 9.66. The van der Waals surface area contributed by atoms with Crippen LogP contribution in [0, 0.1) is 0 Å². The minimum atomic E-state index is -0.287. The second-order valence-electron chi connectivity index (χ2n) is 5.75. The van der Waals surface area contributed by atoms with Gasteiger partial charge in [0.1, 0.15) is 0 Å². The number of hydrogen-bond donors (Lipinski definition) is 1. The van der Waals surface area contributed by atoms with Gasteiger partial charge in [-0.1, -0.05) is 53.7 Å². The number of benzene rings is 2. The average molecular weight is 432 g/mol. The number of rotatable bonds is 5. The molecule has 8 heteroatoms. The Morgan fingerprint density at radius 1 is 1.19 bits per heavy atom. The predicted octanol–water partition coefficient (Wildman–Crippen LogP) is 6.19. The van der Waals surface area contributed by atoms with Crippen molar-refractivity contribution in [3.8, 4) is 11.3 Å². The highest BCUT2D eigenvalue weighted by Gasteiger charge is 2.18. The van der Waals surface area contributed by atoms with E-state index in [9.17, 15) is 4.79 Å². The van der Waals surface area contributed by atoms with Crippen LogP contribution >= 0.6 is 46.0 Å². The first-order valence-corrected chi connectivity index (χ1v) is 11.1. The van der Waals surface area contributed by atoms with Crippen molar-refractivity contribution in [2.45, 2.75) is 16.5 Å². The van der Waals surface area contributed by atoms with Crippen molar-refractivity contribution in [2.24, 2.45) is 0 Å². The number of carbonyl (C=O) groups excluding carboxylic acids is 1. The minimum Gasteiger partial charge on any atom is -0.301 e. The molecule has 2 aromatic carbocycles. The van der Waals surface area contributed by atoms with Gasteiger partial charge in [0, 0.05) is 16.0 Å². The number of fused-ring (bicyclic) bond motifs is 1. The van der Waals surface area contributed by atoms with E-state index < -0.39 is 0 Å².